The van der Waals surface area contributed by atoms with Crippen molar-refractivity contribution in [3.63, 3.8) is 0 Å². The molecule has 0 atom stereocenters. The minimum absolute atomic E-state index is 0.176. The molecule has 9 heteroatoms. The number of aromatic nitrogens is 4. The van der Waals surface area contributed by atoms with Crippen LogP contribution >= 0.6 is 0 Å². The maximum atomic E-state index is 11.5. The van der Waals surface area contributed by atoms with Gasteiger partial charge in [-0.05, 0) is 17.7 Å². The maximum absolute atomic E-state index is 11.5. The zero-order chi connectivity index (χ0) is 18.5. The molecule has 0 saturated heterocycles. The fourth-order valence-electron chi connectivity index (χ4n) is 2.40. The topological polar surface area (TPSA) is 114 Å². The van der Waals surface area contributed by atoms with Gasteiger partial charge in [0, 0.05) is 7.11 Å². The van der Waals surface area contributed by atoms with Crippen molar-refractivity contribution in [2.45, 2.75) is 6.54 Å². The number of hydrogen-bond acceptors (Lipinski definition) is 8. The summed E-state index contributed by atoms with van der Waals surface area (Å²) in [6, 6.07) is 7.29. The summed E-state index contributed by atoms with van der Waals surface area (Å²) in [5.74, 6) is -0.120. The molecule has 136 valence electrons. The van der Waals surface area contributed by atoms with Gasteiger partial charge in [-0.25, -0.2) is 9.78 Å². The molecule has 2 N–H and O–H groups in total. The Bertz CT molecular complexity index is 907. The summed E-state index contributed by atoms with van der Waals surface area (Å²) in [7, 11) is 2.94. The summed E-state index contributed by atoms with van der Waals surface area (Å²) in [4.78, 5) is 24.3. The molecule has 1 aromatic carbocycles. The molecular weight excluding hydrogens is 338 g/mol. The van der Waals surface area contributed by atoms with Gasteiger partial charge in [-0.3, -0.25) is 0 Å². The third kappa shape index (κ3) is 3.72. The third-order valence-electron chi connectivity index (χ3n) is 3.72. The zero-order valence-electron chi connectivity index (χ0n) is 14.5. The molecule has 0 aliphatic heterocycles. The van der Waals surface area contributed by atoms with Crippen molar-refractivity contribution < 1.29 is 19.0 Å². The van der Waals surface area contributed by atoms with E-state index in [4.69, 9.17) is 19.9 Å². The lowest BCUT2D eigenvalue weighted by atomic mass is 10.1. The smallest absolute Gasteiger partial charge is 0.337 e. The molecule has 0 aliphatic carbocycles. The SMILES string of the molecule is COCCOc1nc(N)c2ncn(Cc3ccc(C(=O)OC)cc3)c2n1. The fraction of sp³-hybridized carbons (Fsp3) is 0.294. The van der Waals surface area contributed by atoms with Crippen LogP contribution in [-0.2, 0) is 16.0 Å². The van der Waals surface area contributed by atoms with Crippen LogP contribution in [0.3, 0.4) is 0 Å². The Morgan fingerprint density at radius 3 is 2.62 bits per heavy atom. The van der Waals surface area contributed by atoms with Gasteiger partial charge in [-0.1, -0.05) is 12.1 Å². The standard InChI is InChI=1S/C17H19N5O4/c1-24-7-8-26-17-20-14(18)13-15(21-17)22(10-19-13)9-11-3-5-12(6-4-11)16(23)25-2/h3-6,10H,7-9H2,1-2H3,(H2,18,20,21). The lowest BCUT2D eigenvalue weighted by Crippen LogP contribution is -2.09. The van der Waals surface area contributed by atoms with Gasteiger partial charge in [0.25, 0.3) is 0 Å². The second kappa shape index (κ2) is 7.79. The zero-order valence-corrected chi connectivity index (χ0v) is 14.5. The Labute approximate surface area is 149 Å². The summed E-state index contributed by atoms with van der Waals surface area (Å²) >= 11 is 0. The van der Waals surface area contributed by atoms with Crippen molar-refractivity contribution >= 4 is 23.0 Å². The molecule has 0 fully saturated rings. The van der Waals surface area contributed by atoms with Crippen LogP contribution in [0.2, 0.25) is 0 Å². The van der Waals surface area contributed by atoms with Crippen LogP contribution in [0, 0.1) is 0 Å². The van der Waals surface area contributed by atoms with E-state index in [0.717, 1.165) is 5.56 Å². The molecule has 2 aromatic heterocycles. The van der Waals surface area contributed by atoms with Crippen molar-refractivity contribution in [2.24, 2.45) is 0 Å². The summed E-state index contributed by atoms with van der Waals surface area (Å²) < 4.78 is 16.9. The Balaban J connectivity index is 1.84. The highest BCUT2D eigenvalue weighted by Gasteiger charge is 2.13. The number of carbonyl (C=O) groups excluding carboxylic acids is 1. The van der Waals surface area contributed by atoms with Crippen molar-refractivity contribution in [1.82, 2.24) is 19.5 Å². The first-order valence-electron chi connectivity index (χ1n) is 7.89. The van der Waals surface area contributed by atoms with Crippen LogP contribution in [0.15, 0.2) is 30.6 Å². The molecule has 26 heavy (non-hydrogen) atoms. The van der Waals surface area contributed by atoms with Gasteiger partial charge in [-0.2, -0.15) is 9.97 Å². The van der Waals surface area contributed by atoms with E-state index in [1.165, 1.54) is 7.11 Å². The monoisotopic (exact) mass is 357 g/mol. The van der Waals surface area contributed by atoms with E-state index in [9.17, 15) is 4.79 Å². The molecule has 9 nitrogen and oxygen atoms in total. The van der Waals surface area contributed by atoms with Crippen molar-refractivity contribution in [3.05, 3.63) is 41.7 Å². The van der Waals surface area contributed by atoms with Gasteiger partial charge in [0.15, 0.2) is 17.0 Å². The predicted molar refractivity (Wildman–Crippen MR) is 94.0 cm³/mol. The van der Waals surface area contributed by atoms with Crippen LogP contribution in [0.1, 0.15) is 15.9 Å². The number of nitrogens with two attached hydrogens (primary N) is 1. The van der Waals surface area contributed by atoms with Gasteiger partial charge in [-0.15, -0.1) is 0 Å². The minimum atomic E-state index is -0.372. The summed E-state index contributed by atoms with van der Waals surface area (Å²) in [6.45, 7) is 1.25. The van der Waals surface area contributed by atoms with Gasteiger partial charge in [0.1, 0.15) is 6.61 Å². The highest BCUT2D eigenvalue weighted by atomic mass is 16.5. The van der Waals surface area contributed by atoms with Crippen LogP contribution in [-0.4, -0.2) is 52.9 Å². The van der Waals surface area contributed by atoms with Gasteiger partial charge >= 0.3 is 12.0 Å². The van der Waals surface area contributed by atoms with E-state index in [-0.39, 0.29) is 17.8 Å². The van der Waals surface area contributed by atoms with Crippen LogP contribution in [0.25, 0.3) is 11.2 Å². The normalized spacial score (nSPS) is 10.8. The molecular formula is C17H19N5O4. The number of benzene rings is 1. The first-order chi connectivity index (χ1) is 12.6. The Hall–Kier alpha value is -3.20. The van der Waals surface area contributed by atoms with Gasteiger partial charge < -0.3 is 24.5 Å². The Kier molecular flexibility index (Phi) is 5.28. The number of nitrogen functional groups attached to an aromatic ring is 1. The quantitative estimate of drug-likeness (QED) is 0.497. The molecule has 0 spiro atoms. The Morgan fingerprint density at radius 1 is 1.15 bits per heavy atom. The largest absolute Gasteiger partial charge is 0.465 e. The number of fused-ring (bicyclic) bond motifs is 1. The lowest BCUT2D eigenvalue weighted by molar-refractivity contribution is 0.0600. The predicted octanol–water partition coefficient (Wildman–Crippen LogP) is 1.27. The van der Waals surface area contributed by atoms with Crippen LogP contribution in [0.4, 0.5) is 5.82 Å². The van der Waals surface area contributed by atoms with Crippen molar-refractivity contribution in [2.75, 3.05) is 33.2 Å². The van der Waals surface area contributed by atoms with Crippen molar-refractivity contribution in [1.29, 1.82) is 0 Å². The van der Waals surface area contributed by atoms with E-state index < -0.39 is 0 Å². The maximum Gasteiger partial charge on any atom is 0.337 e. The average Bonchev–Trinajstić information content (AvgIpc) is 3.05. The first-order valence-corrected chi connectivity index (χ1v) is 7.89. The lowest BCUT2D eigenvalue weighted by Gasteiger charge is -2.07. The molecule has 2 heterocycles. The van der Waals surface area contributed by atoms with E-state index in [2.05, 4.69) is 15.0 Å². The minimum Gasteiger partial charge on any atom is -0.465 e. The number of ether oxygens (including phenoxy) is 3. The first kappa shape index (κ1) is 17.6. The number of methoxy groups -OCH3 is 2. The molecule has 3 rings (SSSR count). The average molecular weight is 357 g/mol. The number of hydrogen-bond donors (Lipinski definition) is 1. The molecule has 0 unspecified atom stereocenters. The molecule has 3 aromatic rings. The number of rotatable bonds is 7. The molecule has 0 radical (unpaired) electrons. The fourth-order valence-corrected chi connectivity index (χ4v) is 2.40. The van der Waals surface area contributed by atoms with E-state index >= 15 is 0 Å². The molecule has 0 bridgehead atoms. The molecule has 0 amide bonds. The van der Waals surface area contributed by atoms with Gasteiger partial charge in [0.05, 0.1) is 32.2 Å². The number of carbonyl (C=O) groups is 1. The second-order valence-corrected chi connectivity index (χ2v) is 5.47. The highest BCUT2D eigenvalue weighted by molar-refractivity contribution is 5.89. The number of nitrogens with zero attached hydrogens (tertiary/aromatic N) is 4. The third-order valence-corrected chi connectivity index (χ3v) is 3.72. The molecule has 0 saturated carbocycles. The number of imidazole rings is 1. The van der Waals surface area contributed by atoms with Crippen LogP contribution in [0.5, 0.6) is 6.01 Å². The van der Waals surface area contributed by atoms with E-state index in [1.807, 2.05) is 16.7 Å². The Morgan fingerprint density at radius 2 is 1.92 bits per heavy atom. The molecule has 0 aliphatic rings. The second-order valence-electron chi connectivity index (χ2n) is 5.47. The summed E-state index contributed by atoms with van der Waals surface area (Å²) in [5, 5.41) is 0. The van der Waals surface area contributed by atoms with Crippen molar-refractivity contribution in [3.8, 4) is 6.01 Å². The van der Waals surface area contributed by atoms with E-state index in [1.54, 1.807) is 25.6 Å². The number of anilines is 1. The summed E-state index contributed by atoms with van der Waals surface area (Å²) in [5.41, 5.74) is 8.49. The summed E-state index contributed by atoms with van der Waals surface area (Å²) in [6.07, 6.45) is 1.64. The van der Waals surface area contributed by atoms with E-state index in [0.29, 0.717) is 36.5 Å². The highest BCUT2D eigenvalue weighted by Crippen LogP contribution is 2.20. The number of esters is 1. The van der Waals surface area contributed by atoms with Crippen LogP contribution < -0.4 is 10.5 Å². The van der Waals surface area contributed by atoms with Gasteiger partial charge in [0.2, 0.25) is 0 Å².